The van der Waals surface area contributed by atoms with Crippen molar-refractivity contribution in [1.29, 1.82) is 0 Å². The first-order valence-corrected chi connectivity index (χ1v) is 9.26. The van der Waals surface area contributed by atoms with E-state index >= 15 is 0 Å². The molecule has 0 bridgehead atoms. The predicted octanol–water partition coefficient (Wildman–Crippen LogP) is 3.27. The van der Waals surface area contributed by atoms with Gasteiger partial charge in [0.2, 0.25) is 5.91 Å². The molecule has 2 aliphatic rings. The van der Waals surface area contributed by atoms with Crippen LogP contribution in [0.25, 0.3) is 0 Å². The minimum atomic E-state index is -1.37. The number of amides is 3. The van der Waals surface area contributed by atoms with Crippen molar-refractivity contribution in [3.8, 4) is 0 Å². The number of ketones is 3. The number of hydrogen-bond donors (Lipinski definition) is 1. The molecule has 1 aliphatic carbocycles. The van der Waals surface area contributed by atoms with Crippen molar-refractivity contribution in [3.05, 3.63) is 27.7 Å². The van der Waals surface area contributed by atoms with Gasteiger partial charge in [0, 0.05) is 31.4 Å². The fourth-order valence-corrected chi connectivity index (χ4v) is 3.81. The van der Waals surface area contributed by atoms with Crippen LogP contribution in [-0.2, 0) is 14.4 Å². The van der Waals surface area contributed by atoms with Gasteiger partial charge in [-0.05, 0) is 25.0 Å². The molecule has 0 atom stereocenters. The zero-order valence-electron chi connectivity index (χ0n) is 14.2. The highest BCUT2D eigenvalue weighted by Gasteiger charge is 2.38. The Balaban J connectivity index is 1.90. The van der Waals surface area contributed by atoms with Crippen molar-refractivity contribution in [2.45, 2.75) is 32.1 Å². The Morgan fingerprint density at radius 3 is 2.26 bits per heavy atom. The van der Waals surface area contributed by atoms with Gasteiger partial charge < -0.3 is 5.32 Å². The fourth-order valence-electron chi connectivity index (χ4n) is 3.25. The number of halogens is 2. The highest BCUT2D eigenvalue weighted by atomic mass is 35.5. The van der Waals surface area contributed by atoms with Crippen LogP contribution in [0.15, 0.2) is 12.1 Å². The van der Waals surface area contributed by atoms with Crippen LogP contribution in [0, 0.1) is 5.92 Å². The van der Waals surface area contributed by atoms with Gasteiger partial charge >= 0.3 is 6.03 Å². The Labute approximate surface area is 165 Å². The Morgan fingerprint density at radius 2 is 1.67 bits per heavy atom. The lowest BCUT2D eigenvalue weighted by atomic mass is 9.81. The van der Waals surface area contributed by atoms with Crippen LogP contribution in [0.1, 0.15) is 42.5 Å². The lowest BCUT2D eigenvalue weighted by molar-refractivity contribution is -0.133. The summed E-state index contributed by atoms with van der Waals surface area (Å²) in [6, 6.07) is 1.97. The number of imide groups is 1. The molecule has 1 heterocycles. The molecule has 1 aliphatic heterocycles. The number of nitrogens with one attached hydrogen (secondary N) is 1. The summed E-state index contributed by atoms with van der Waals surface area (Å²) in [5.41, 5.74) is -0.109. The summed E-state index contributed by atoms with van der Waals surface area (Å²) in [7, 11) is 0. The molecule has 9 heteroatoms. The molecule has 142 valence electrons. The van der Waals surface area contributed by atoms with Crippen molar-refractivity contribution in [3.63, 3.8) is 0 Å². The summed E-state index contributed by atoms with van der Waals surface area (Å²) in [5.74, 6) is -3.27. The Hall–Kier alpha value is -2.25. The first kappa shape index (κ1) is 19.5. The highest BCUT2D eigenvalue weighted by Crippen LogP contribution is 2.36. The average Bonchev–Trinajstić information content (AvgIpc) is 3.04. The third-order valence-corrected chi connectivity index (χ3v) is 5.37. The third-order valence-electron chi connectivity index (χ3n) is 4.66. The van der Waals surface area contributed by atoms with Crippen LogP contribution in [0.3, 0.4) is 0 Å². The van der Waals surface area contributed by atoms with Gasteiger partial charge in [-0.15, -0.1) is 0 Å². The zero-order chi connectivity index (χ0) is 19.7. The second-order valence-corrected chi connectivity index (χ2v) is 7.23. The molecule has 0 spiro atoms. The number of benzene rings is 1. The number of Topliss-reactive ketones (excluding diaryl/α,β-unsaturated/α-hetero) is 3. The van der Waals surface area contributed by atoms with E-state index in [0.717, 1.165) is 4.90 Å². The van der Waals surface area contributed by atoms with Crippen LogP contribution >= 0.6 is 23.2 Å². The molecule has 0 unspecified atom stereocenters. The molecule has 3 rings (SSSR count). The monoisotopic (exact) mass is 410 g/mol. The van der Waals surface area contributed by atoms with Gasteiger partial charge in [0.15, 0.2) is 17.3 Å². The molecule has 1 saturated heterocycles. The second kappa shape index (κ2) is 7.78. The molecular weight excluding hydrogens is 395 g/mol. The zero-order valence-corrected chi connectivity index (χ0v) is 15.7. The normalized spacial score (nSPS) is 18.1. The number of carbonyl (C=O) groups is 5. The van der Waals surface area contributed by atoms with Crippen LogP contribution in [0.2, 0.25) is 10.0 Å². The summed E-state index contributed by atoms with van der Waals surface area (Å²) in [6.45, 7) is 0.281. The summed E-state index contributed by atoms with van der Waals surface area (Å²) in [5, 5.41) is 2.35. The standard InChI is InChI=1S/C18H16Cl2N2O5/c19-10-7-6-9(17(26)14-11(23)3-1-4-12(14)24)15(20)16(10)21-18(27)22-8-2-5-13(22)25/h6-7,14H,1-5,8H2,(H,21,27). The second-order valence-electron chi connectivity index (χ2n) is 6.45. The van der Waals surface area contributed by atoms with Gasteiger partial charge in [-0.3, -0.25) is 24.1 Å². The van der Waals surface area contributed by atoms with Crippen molar-refractivity contribution in [2.24, 2.45) is 5.92 Å². The van der Waals surface area contributed by atoms with Crippen LogP contribution < -0.4 is 5.32 Å². The molecule has 3 amide bonds. The van der Waals surface area contributed by atoms with Crippen LogP contribution in [0.4, 0.5) is 10.5 Å². The Kier molecular flexibility index (Phi) is 5.62. The van der Waals surface area contributed by atoms with E-state index in [-0.39, 0.29) is 53.0 Å². The van der Waals surface area contributed by atoms with E-state index in [9.17, 15) is 24.0 Å². The summed E-state index contributed by atoms with van der Waals surface area (Å²) >= 11 is 12.4. The lowest BCUT2D eigenvalue weighted by Gasteiger charge is -2.20. The molecule has 1 aromatic rings. The molecule has 2 fully saturated rings. The van der Waals surface area contributed by atoms with E-state index in [4.69, 9.17) is 23.2 Å². The predicted molar refractivity (Wildman–Crippen MR) is 98.1 cm³/mol. The largest absolute Gasteiger partial charge is 0.328 e. The van der Waals surface area contributed by atoms with E-state index in [1.165, 1.54) is 12.1 Å². The number of likely N-dealkylation sites (tertiary alicyclic amines) is 1. The number of nitrogens with zero attached hydrogens (tertiary/aromatic N) is 1. The number of urea groups is 1. The molecule has 1 N–H and O–H groups in total. The third kappa shape index (κ3) is 3.75. The SMILES string of the molecule is O=C1CCCC(=O)C1C(=O)c1ccc(Cl)c(NC(=O)N2CCCC2=O)c1Cl. The van der Waals surface area contributed by atoms with Gasteiger partial charge in [-0.25, -0.2) is 4.79 Å². The molecule has 1 saturated carbocycles. The van der Waals surface area contributed by atoms with Crippen molar-refractivity contribution < 1.29 is 24.0 Å². The maximum Gasteiger partial charge on any atom is 0.328 e. The maximum atomic E-state index is 12.8. The minimum Gasteiger partial charge on any atom is -0.305 e. The van der Waals surface area contributed by atoms with E-state index in [1.807, 2.05) is 0 Å². The van der Waals surface area contributed by atoms with Crippen LogP contribution in [-0.4, -0.2) is 40.7 Å². The summed E-state index contributed by atoms with van der Waals surface area (Å²) in [4.78, 5) is 61.9. The Morgan fingerprint density at radius 1 is 1.00 bits per heavy atom. The average molecular weight is 411 g/mol. The molecule has 27 heavy (non-hydrogen) atoms. The number of anilines is 1. The summed E-state index contributed by atoms with van der Waals surface area (Å²) in [6.07, 6.45) is 1.60. The van der Waals surface area contributed by atoms with Crippen molar-refractivity contribution >= 4 is 58.2 Å². The van der Waals surface area contributed by atoms with E-state index in [1.54, 1.807) is 0 Å². The van der Waals surface area contributed by atoms with E-state index < -0.39 is 29.3 Å². The van der Waals surface area contributed by atoms with Gasteiger partial charge in [-0.1, -0.05) is 23.2 Å². The molecule has 1 aromatic carbocycles. The fraction of sp³-hybridized carbons (Fsp3) is 0.389. The lowest BCUT2D eigenvalue weighted by Crippen LogP contribution is -2.36. The summed E-state index contributed by atoms with van der Waals surface area (Å²) < 4.78 is 0. The highest BCUT2D eigenvalue weighted by molar-refractivity contribution is 6.43. The van der Waals surface area contributed by atoms with Crippen LogP contribution in [0.5, 0.6) is 0 Å². The smallest absolute Gasteiger partial charge is 0.305 e. The molecule has 0 aromatic heterocycles. The van der Waals surface area contributed by atoms with Gasteiger partial charge in [0.05, 0.1) is 15.7 Å². The van der Waals surface area contributed by atoms with E-state index in [2.05, 4.69) is 5.32 Å². The first-order valence-electron chi connectivity index (χ1n) is 8.50. The molecule has 0 radical (unpaired) electrons. The molecule has 7 nitrogen and oxygen atoms in total. The number of hydrogen-bond acceptors (Lipinski definition) is 5. The maximum absolute atomic E-state index is 12.8. The van der Waals surface area contributed by atoms with Crippen molar-refractivity contribution in [1.82, 2.24) is 4.90 Å². The number of carbonyl (C=O) groups excluding carboxylic acids is 5. The number of rotatable bonds is 3. The van der Waals surface area contributed by atoms with Gasteiger partial charge in [-0.2, -0.15) is 0 Å². The van der Waals surface area contributed by atoms with E-state index in [0.29, 0.717) is 12.8 Å². The first-order chi connectivity index (χ1) is 12.8. The minimum absolute atomic E-state index is 0.0374. The topological polar surface area (TPSA) is 101 Å². The quantitative estimate of drug-likeness (QED) is 0.608. The van der Waals surface area contributed by atoms with Gasteiger partial charge in [0.25, 0.3) is 0 Å². The molecular formula is C18H16Cl2N2O5. The van der Waals surface area contributed by atoms with Crippen molar-refractivity contribution in [2.75, 3.05) is 11.9 Å². The Bertz CT molecular complexity index is 852. The van der Waals surface area contributed by atoms with Gasteiger partial charge in [0.1, 0.15) is 5.92 Å².